The highest BCUT2D eigenvalue weighted by Crippen LogP contribution is 2.45. The second-order valence-electron chi connectivity index (χ2n) is 6.19. The van der Waals surface area contributed by atoms with Crippen molar-refractivity contribution in [2.45, 2.75) is 46.3 Å². The summed E-state index contributed by atoms with van der Waals surface area (Å²) in [5.41, 5.74) is 2.52. The van der Waals surface area contributed by atoms with Crippen molar-refractivity contribution in [3.05, 3.63) is 23.8 Å². The van der Waals surface area contributed by atoms with Crippen molar-refractivity contribution in [2.24, 2.45) is 5.41 Å². The Labute approximate surface area is 124 Å². The molecule has 0 spiro atoms. The Morgan fingerprint density at radius 1 is 1.45 bits per heavy atom. The van der Waals surface area contributed by atoms with Gasteiger partial charge in [0, 0.05) is 18.1 Å². The van der Waals surface area contributed by atoms with Gasteiger partial charge in [0.25, 0.3) is 0 Å². The molecule has 1 aromatic heterocycles. The minimum Gasteiger partial charge on any atom is -0.378 e. The number of nitrogens with one attached hydrogen (secondary N) is 1. The van der Waals surface area contributed by atoms with Crippen molar-refractivity contribution in [3.63, 3.8) is 0 Å². The summed E-state index contributed by atoms with van der Waals surface area (Å²) in [6.45, 7) is 9.50. The molecule has 1 heterocycles. The molecule has 0 bridgehead atoms. The molecule has 1 saturated carbocycles. The maximum atomic E-state index is 5.78. The lowest BCUT2D eigenvalue weighted by molar-refractivity contribution is -0.0975. The summed E-state index contributed by atoms with van der Waals surface area (Å²) < 4.78 is 7.03. The van der Waals surface area contributed by atoms with Crippen LogP contribution in [0.4, 0.5) is 5.13 Å². The van der Waals surface area contributed by atoms with E-state index in [4.69, 9.17) is 9.72 Å². The molecule has 2 aromatic rings. The predicted molar refractivity (Wildman–Crippen MR) is 85.6 cm³/mol. The second kappa shape index (κ2) is 5.01. The van der Waals surface area contributed by atoms with Crippen LogP contribution in [-0.2, 0) is 4.74 Å². The van der Waals surface area contributed by atoms with Crippen molar-refractivity contribution in [3.8, 4) is 0 Å². The van der Waals surface area contributed by atoms with Crippen molar-refractivity contribution < 1.29 is 4.74 Å². The molecule has 20 heavy (non-hydrogen) atoms. The van der Waals surface area contributed by atoms with E-state index in [1.807, 2.05) is 0 Å². The van der Waals surface area contributed by atoms with Crippen LogP contribution in [0.2, 0.25) is 0 Å². The van der Waals surface area contributed by atoms with Crippen molar-refractivity contribution in [1.29, 1.82) is 0 Å². The first-order valence-corrected chi connectivity index (χ1v) is 8.07. The monoisotopic (exact) mass is 290 g/mol. The number of ether oxygens (including phenoxy) is 1. The Morgan fingerprint density at radius 2 is 2.25 bits per heavy atom. The largest absolute Gasteiger partial charge is 0.378 e. The molecule has 3 nitrogen and oxygen atoms in total. The third kappa shape index (κ3) is 2.31. The van der Waals surface area contributed by atoms with Crippen LogP contribution >= 0.6 is 11.3 Å². The van der Waals surface area contributed by atoms with E-state index < -0.39 is 0 Å². The minimum absolute atomic E-state index is 0.170. The van der Waals surface area contributed by atoms with Crippen molar-refractivity contribution in [2.75, 3.05) is 11.9 Å². The summed E-state index contributed by atoms with van der Waals surface area (Å²) in [5.74, 6) is 0. The predicted octanol–water partition coefficient (Wildman–Crippen LogP) is 4.22. The van der Waals surface area contributed by atoms with Gasteiger partial charge in [0.05, 0.1) is 16.3 Å². The number of fused-ring (bicyclic) bond motifs is 1. The first-order chi connectivity index (χ1) is 9.50. The van der Waals surface area contributed by atoms with Crippen LogP contribution in [0.3, 0.4) is 0 Å². The van der Waals surface area contributed by atoms with Gasteiger partial charge >= 0.3 is 0 Å². The number of rotatable bonds is 4. The van der Waals surface area contributed by atoms with Crippen LogP contribution in [0, 0.1) is 12.3 Å². The van der Waals surface area contributed by atoms with E-state index in [1.54, 1.807) is 11.3 Å². The molecule has 0 saturated heterocycles. The molecule has 1 fully saturated rings. The topological polar surface area (TPSA) is 34.1 Å². The zero-order valence-electron chi connectivity index (χ0n) is 12.6. The lowest BCUT2D eigenvalue weighted by Crippen LogP contribution is -2.58. The molecular weight excluding hydrogens is 268 g/mol. The highest BCUT2D eigenvalue weighted by molar-refractivity contribution is 7.22. The smallest absolute Gasteiger partial charge is 0.184 e. The molecular formula is C16H22N2OS. The summed E-state index contributed by atoms with van der Waals surface area (Å²) in [4.78, 5) is 4.70. The van der Waals surface area contributed by atoms with E-state index in [0.717, 1.165) is 23.7 Å². The molecule has 0 amide bonds. The van der Waals surface area contributed by atoms with Crippen LogP contribution in [0.1, 0.15) is 32.8 Å². The average molecular weight is 290 g/mol. The summed E-state index contributed by atoms with van der Waals surface area (Å²) >= 11 is 1.74. The van der Waals surface area contributed by atoms with Crippen LogP contribution in [0.5, 0.6) is 0 Å². The lowest BCUT2D eigenvalue weighted by atomic mass is 9.64. The molecule has 1 aliphatic rings. The van der Waals surface area contributed by atoms with E-state index in [2.05, 4.69) is 51.2 Å². The first-order valence-electron chi connectivity index (χ1n) is 7.26. The zero-order valence-corrected chi connectivity index (χ0v) is 13.4. The number of benzene rings is 1. The summed E-state index contributed by atoms with van der Waals surface area (Å²) in [6.07, 6.45) is 1.43. The van der Waals surface area contributed by atoms with E-state index >= 15 is 0 Å². The van der Waals surface area contributed by atoms with E-state index in [1.165, 1.54) is 10.3 Å². The Balaban J connectivity index is 1.74. The van der Waals surface area contributed by atoms with Gasteiger partial charge < -0.3 is 10.1 Å². The van der Waals surface area contributed by atoms with Gasteiger partial charge in [0.2, 0.25) is 0 Å². The van der Waals surface area contributed by atoms with Gasteiger partial charge in [-0.2, -0.15) is 0 Å². The molecule has 1 aromatic carbocycles. The molecule has 3 rings (SSSR count). The Hall–Kier alpha value is -1.13. The van der Waals surface area contributed by atoms with E-state index in [-0.39, 0.29) is 5.41 Å². The number of thiazole rings is 1. The summed E-state index contributed by atoms with van der Waals surface area (Å²) in [6, 6.07) is 6.89. The summed E-state index contributed by atoms with van der Waals surface area (Å²) in [7, 11) is 0. The number of hydrogen-bond donors (Lipinski definition) is 1. The van der Waals surface area contributed by atoms with Crippen LogP contribution in [-0.4, -0.2) is 23.7 Å². The Bertz CT molecular complexity index is 620. The van der Waals surface area contributed by atoms with E-state index in [9.17, 15) is 0 Å². The highest BCUT2D eigenvalue weighted by Gasteiger charge is 2.49. The summed E-state index contributed by atoms with van der Waals surface area (Å²) in [5, 5.41) is 4.62. The van der Waals surface area contributed by atoms with E-state index in [0.29, 0.717) is 12.1 Å². The molecule has 2 atom stereocenters. The van der Waals surface area contributed by atoms with Crippen LogP contribution in [0.15, 0.2) is 18.2 Å². The molecule has 2 unspecified atom stereocenters. The minimum atomic E-state index is 0.170. The SMILES string of the molecule is CCOC1CC(Nc2nc3cc(C)ccc3s2)C1(C)C. The molecule has 108 valence electrons. The normalized spacial score (nSPS) is 24.6. The number of aryl methyl sites for hydroxylation is 1. The maximum Gasteiger partial charge on any atom is 0.184 e. The number of anilines is 1. The van der Waals surface area contributed by atoms with Crippen molar-refractivity contribution in [1.82, 2.24) is 4.98 Å². The number of nitrogens with zero attached hydrogens (tertiary/aromatic N) is 1. The van der Waals surface area contributed by atoms with Crippen LogP contribution in [0.25, 0.3) is 10.2 Å². The third-order valence-corrected chi connectivity index (χ3v) is 5.35. The van der Waals surface area contributed by atoms with Gasteiger partial charge in [0.15, 0.2) is 5.13 Å². The van der Waals surface area contributed by atoms with Gasteiger partial charge in [-0.15, -0.1) is 0 Å². The average Bonchev–Trinajstić information content (AvgIpc) is 2.79. The fraction of sp³-hybridized carbons (Fsp3) is 0.562. The van der Waals surface area contributed by atoms with Gasteiger partial charge in [-0.25, -0.2) is 4.98 Å². The zero-order chi connectivity index (χ0) is 14.3. The number of hydrogen-bond acceptors (Lipinski definition) is 4. The molecule has 0 aliphatic heterocycles. The van der Waals surface area contributed by atoms with Gasteiger partial charge in [-0.1, -0.05) is 31.3 Å². The molecule has 4 heteroatoms. The molecule has 1 N–H and O–H groups in total. The fourth-order valence-corrected chi connectivity index (χ4v) is 3.76. The van der Waals surface area contributed by atoms with Gasteiger partial charge in [-0.3, -0.25) is 0 Å². The van der Waals surface area contributed by atoms with Gasteiger partial charge in [-0.05, 0) is 38.0 Å². The third-order valence-electron chi connectivity index (χ3n) is 4.39. The highest BCUT2D eigenvalue weighted by atomic mass is 32.1. The Kier molecular flexibility index (Phi) is 3.46. The Morgan fingerprint density at radius 3 is 2.95 bits per heavy atom. The molecule has 0 radical (unpaired) electrons. The quantitative estimate of drug-likeness (QED) is 0.915. The molecule has 1 aliphatic carbocycles. The van der Waals surface area contributed by atoms with Gasteiger partial charge in [0.1, 0.15) is 0 Å². The second-order valence-corrected chi connectivity index (χ2v) is 7.22. The maximum absolute atomic E-state index is 5.78. The number of aromatic nitrogens is 1. The lowest BCUT2D eigenvalue weighted by Gasteiger charge is -2.51. The standard InChI is InChI=1S/C16H22N2OS/c1-5-19-14-9-13(16(14,3)4)18-15-17-11-8-10(2)6-7-12(11)20-15/h6-8,13-14H,5,9H2,1-4H3,(H,17,18). The van der Waals surface area contributed by atoms with Crippen molar-refractivity contribution >= 4 is 26.7 Å². The van der Waals surface area contributed by atoms with Crippen LogP contribution < -0.4 is 5.32 Å². The first kappa shape index (κ1) is 13.8. The fourth-order valence-electron chi connectivity index (χ4n) is 2.86.